The third-order valence-electron chi connectivity index (χ3n) is 3.64. The number of alkyl halides is 3. The summed E-state index contributed by atoms with van der Waals surface area (Å²) in [5, 5.41) is 20.1. The van der Waals surface area contributed by atoms with Gasteiger partial charge in [-0.25, -0.2) is 0 Å². The number of nitrogens with zero attached hydrogens (tertiary/aromatic N) is 2. The average Bonchev–Trinajstić information content (AvgIpc) is 2.44. The van der Waals surface area contributed by atoms with Crippen molar-refractivity contribution in [2.24, 2.45) is 0 Å². The Balaban J connectivity index is 2.92. The molecule has 9 heteroatoms. The van der Waals surface area contributed by atoms with Crippen LogP contribution in [0.5, 0.6) is 0 Å². The molecule has 0 unspecified atom stereocenters. The van der Waals surface area contributed by atoms with E-state index in [2.05, 4.69) is 0 Å². The summed E-state index contributed by atoms with van der Waals surface area (Å²) in [6, 6.07) is 4.78. The summed E-state index contributed by atoms with van der Waals surface area (Å²) in [6.07, 6.45) is -6.06. The van der Waals surface area contributed by atoms with Crippen LogP contribution in [0.2, 0.25) is 0 Å². The highest BCUT2D eigenvalue weighted by Crippen LogP contribution is 2.34. The monoisotopic (exact) mass is 334 g/mol. The Hall–Kier alpha value is -2.16. The van der Waals surface area contributed by atoms with Gasteiger partial charge in [-0.15, -0.1) is 0 Å². The van der Waals surface area contributed by atoms with Gasteiger partial charge in [-0.1, -0.05) is 12.1 Å². The number of aliphatic hydroxyl groups is 1. The standard InChI is InChI=1S/C14H17F3N2O4/c1-9(10-5-4-6-11(7-10)19(22)23)18(3)12(20)8-13(2,21)14(15,16)17/h4-7,9,21H,8H2,1-3H3/t9-,13-/m1/s1. The predicted molar refractivity (Wildman–Crippen MR) is 75.6 cm³/mol. The van der Waals surface area contributed by atoms with E-state index in [1.165, 1.54) is 38.2 Å². The zero-order valence-electron chi connectivity index (χ0n) is 12.8. The smallest absolute Gasteiger partial charge is 0.380 e. The molecule has 0 spiro atoms. The number of rotatable bonds is 5. The summed E-state index contributed by atoms with van der Waals surface area (Å²) in [6.45, 7) is 2.05. The van der Waals surface area contributed by atoms with E-state index in [-0.39, 0.29) is 5.69 Å². The molecule has 0 aliphatic heterocycles. The van der Waals surface area contributed by atoms with E-state index in [1.54, 1.807) is 0 Å². The lowest BCUT2D eigenvalue weighted by molar-refractivity contribution is -0.384. The Labute approximate surface area is 130 Å². The predicted octanol–water partition coefficient (Wildman–Crippen LogP) is 2.82. The normalized spacial score (nSPS) is 15.6. The van der Waals surface area contributed by atoms with Gasteiger partial charge in [0.15, 0.2) is 5.60 Å². The lowest BCUT2D eigenvalue weighted by Crippen LogP contribution is -2.46. The minimum absolute atomic E-state index is 0.183. The molecule has 128 valence electrons. The number of hydrogen-bond donors (Lipinski definition) is 1. The van der Waals surface area contributed by atoms with Gasteiger partial charge in [-0.3, -0.25) is 14.9 Å². The minimum atomic E-state index is -4.93. The van der Waals surface area contributed by atoms with Crippen molar-refractivity contribution in [2.45, 2.75) is 38.1 Å². The summed E-state index contributed by atoms with van der Waals surface area (Å²) < 4.78 is 37.9. The maximum Gasteiger partial charge on any atom is 0.417 e. The van der Waals surface area contributed by atoms with E-state index in [0.717, 1.165) is 4.90 Å². The third kappa shape index (κ3) is 4.41. The molecule has 1 N–H and O–H groups in total. The fraction of sp³-hybridized carbons (Fsp3) is 0.500. The van der Waals surface area contributed by atoms with Gasteiger partial charge in [0.05, 0.1) is 17.4 Å². The van der Waals surface area contributed by atoms with Gasteiger partial charge in [0.25, 0.3) is 5.69 Å². The van der Waals surface area contributed by atoms with Crippen molar-refractivity contribution in [3.8, 4) is 0 Å². The number of nitro groups is 1. The lowest BCUT2D eigenvalue weighted by Gasteiger charge is -2.30. The second kappa shape index (κ2) is 6.53. The summed E-state index contributed by atoms with van der Waals surface area (Å²) in [5.74, 6) is -0.925. The Morgan fingerprint density at radius 3 is 2.48 bits per heavy atom. The van der Waals surface area contributed by atoms with Crippen molar-refractivity contribution in [2.75, 3.05) is 7.05 Å². The van der Waals surface area contributed by atoms with Gasteiger partial charge in [0, 0.05) is 19.2 Å². The molecule has 1 rings (SSSR count). The first-order valence-corrected chi connectivity index (χ1v) is 6.66. The van der Waals surface area contributed by atoms with Crippen LogP contribution in [-0.2, 0) is 4.79 Å². The summed E-state index contributed by atoms with van der Waals surface area (Å²) >= 11 is 0. The zero-order valence-corrected chi connectivity index (χ0v) is 12.8. The van der Waals surface area contributed by atoms with Crippen molar-refractivity contribution >= 4 is 11.6 Å². The van der Waals surface area contributed by atoms with Crippen LogP contribution in [0, 0.1) is 10.1 Å². The van der Waals surface area contributed by atoms with E-state index < -0.39 is 35.1 Å². The Bertz CT molecular complexity index is 602. The summed E-state index contributed by atoms with van der Waals surface area (Å²) in [7, 11) is 1.28. The maximum absolute atomic E-state index is 12.6. The molecule has 0 bridgehead atoms. The van der Waals surface area contributed by atoms with Crippen LogP contribution < -0.4 is 0 Å². The van der Waals surface area contributed by atoms with Crippen molar-refractivity contribution in [3.05, 3.63) is 39.9 Å². The van der Waals surface area contributed by atoms with Gasteiger partial charge in [0.2, 0.25) is 5.91 Å². The van der Waals surface area contributed by atoms with Crippen LogP contribution in [0.4, 0.5) is 18.9 Å². The number of carbonyl (C=O) groups excluding carboxylic acids is 1. The second-order valence-corrected chi connectivity index (χ2v) is 5.48. The molecule has 6 nitrogen and oxygen atoms in total. The number of nitro benzene ring substituents is 1. The summed E-state index contributed by atoms with van der Waals surface area (Å²) in [4.78, 5) is 23.1. The average molecular weight is 334 g/mol. The van der Waals surface area contributed by atoms with Gasteiger partial charge in [-0.05, 0) is 19.4 Å². The number of benzene rings is 1. The van der Waals surface area contributed by atoms with E-state index in [9.17, 15) is 33.2 Å². The van der Waals surface area contributed by atoms with Gasteiger partial charge < -0.3 is 10.0 Å². The number of hydrogen-bond acceptors (Lipinski definition) is 4. The van der Waals surface area contributed by atoms with E-state index in [1.807, 2.05) is 0 Å². The van der Waals surface area contributed by atoms with Crippen LogP contribution in [0.3, 0.4) is 0 Å². The molecule has 0 fully saturated rings. The van der Waals surface area contributed by atoms with Crippen molar-refractivity contribution in [3.63, 3.8) is 0 Å². The molecule has 0 aromatic heterocycles. The molecule has 0 aliphatic rings. The van der Waals surface area contributed by atoms with Crippen LogP contribution in [-0.4, -0.2) is 39.7 Å². The largest absolute Gasteiger partial charge is 0.417 e. The molecule has 2 atom stereocenters. The number of halogens is 3. The lowest BCUT2D eigenvalue weighted by atomic mass is 9.99. The van der Waals surface area contributed by atoms with Crippen LogP contribution in [0.1, 0.15) is 31.9 Å². The molecule has 0 saturated heterocycles. The van der Waals surface area contributed by atoms with Crippen LogP contribution >= 0.6 is 0 Å². The van der Waals surface area contributed by atoms with Gasteiger partial charge in [0.1, 0.15) is 0 Å². The van der Waals surface area contributed by atoms with Crippen LogP contribution in [0.25, 0.3) is 0 Å². The molecular weight excluding hydrogens is 317 g/mol. The first kappa shape index (κ1) is 18.9. The highest BCUT2D eigenvalue weighted by molar-refractivity contribution is 5.77. The van der Waals surface area contributed by atoms with Crippen LogP contribution in [0.15, 0.2) is 24.3 Å². The Morgan fingerprint density at radius 2 is 2.00 bits per heavy atom. The summed E-state index contributed by atoms with van der Waals surface area (Å²) in [5.41, 5.74) is -2.92. The second-order valence-electron chi connectivity index (χ2n) is 5.48. The molecule has 1 aromatic rings. The first-order chi connectivity index (χ1) is 10.4. The Kier molecular flexibility index (Phi) is 5.36. The fourth-order valence-electron chi connectivity index (χ4n) is 1.86. The quantitative estimate of drug-likeness (QED) is 0.663. The molecular formula is C14H17F3N2O4. The zero-order chi connectivity index (χ0) is 18.0. The molecule has 0 radical (unpaired) electrons. The van der Waals surface area contributed by atoms with E-state index in [4.69, 9.17) is 0 Å². The molecule has 23 heavy (non-hydrogen) atoms. The fourth-order valence-corrected chi connectivity index (χ4v) is 1.86. The first-order valence-electron chi connectivity index (χ1n) is 6.66. The molecule has 0 aliphatic carbocycles. The van der Waals surface area contributed by atoms with Gasteiger partial charge >= 0.3 is 6.18 Å². The van der Waals surface area contributed by atoms with E-state index in [0.29, 0.717) is 12.5 Å². The van der Waals surface area contributed by atoms with Crippen molar-refractivity contribution < 1.29 is 28.0 Å². The highest BCUT2D eigenvalue weighted by Gasteiger charge is 2.51. The Morgan fingerprint density at radius 1 is 1.43 bits per heavy atom. The maximum atomic E-state index is 12.6. The SMILES string of the molecule is C[C@H](c1cccc([N+](=O)[O-])c1)N(C)C(=O)C[C@@](C)(O)C(F)(F)F. The molecule has 1 aromatic carbocycles. The molecule has 0 heterocycles. The molecule has 1 amide bonds. The third-order valence-corrected chi connectivity index (χ3v) is 3.64. The number of amides is 1. The molecule has 0 saturated carbocycles. The van der Waals surface area contributed by atoms with Gasteiger partial charge in [-0.2, -0.15) is 13.2 Å². The number of non-ortho nitro benzene ring substituents is 1. The topological polar surface area (TPSA) is 83.7 Å². The highest BCUT2D eigenvalue weighted by atomic mass is 19.4. The van der Waals surface area contributed by atoms with Crippen molar-refractivity contribution in [1.82, 2.24) is 4.90 Å². The number of carbonyl (C=O) groups is 1. The minimum Gasteiger partial charge on any atom is -0.380 e. The van der Waals surface area contributed by atoms with Crippen molar-refractivity contribution in [1.29, 1.82) is 0 Å². The van der Waals surface area contributed by atoms with E-state index >= 15 is 0 Å².